The molecule has 0 aromatic heterocycles. The fourth-order valence-electron chi connectivity index (χ4n) is 1.85. The number of carboxylic acid groups (broad SMARTS) is 1. The summed E-state index contributed by atoms with van der Waals surface area (Å²) in [5.41, 5.74) is -0.640. The van der Waals surface area contributed by atoms with Gasteiger partial charge in [-0.1, -0.05) is 13.8 Å². The summed E-state index contributed by atoms with van der Waals surface area (Å²) in [4.78, 5) is 13.4. The Balaban J connectivity index is 2.53. The molecule has 1 fully saturated rings. The van der Waals surface area contributed by atoms with Gasteiger partial charge in [-0.05, 0) is 26.8 Å². The van der Waals surface area contributed by atoms with Crippen LogP contribution < -0.4 is 0 Å². The molecule has 1 aliphatic heterocycles. The highest BCUT2D eigenvalue weighted by Gasteiger charge is 2.31. The number of carbonyl (C=O) groups is 1. The van der Waals surface area contributed by atoms with Gasteiger partial charge in [0.25, 0.3) is 0 Å². The molecule has 94 valence electrons. The Morgan fingerprint density at radius 3 is 2.62 bits per heavy atom. The zero-order valence-electron chi connectivity index (χ0n) is 10.7. The minimum Gasteiger partial charge on any atom is -0.481 e. The molecule has 0 atom stereocenters. The predicted octanol–water partition coefficient (Wildman–Crippen LogP) is 2.31. The average Bonchev–Trinajstić information content (AvgIpc) is 2.27. The first kappa shape index (κ1) is 13.8. The van der Waals surface area contributed by atoms with Crippen molar-refractivity contribution in [3.05, 3.63) is 0 Å². The van der Waals surface area contributed by atoms with E-state index in [1.54, 1.807) is 13.8 Å². The minimum atomic E-state index is -0.705. The summed E-state index contributed by atoms with van der Waals surface area (Å²) in [5, 5.41) is 9.11. The van der Waals surface area contributed by atoms with Crippen molar-refractivity contribution in [3.63, 3.8) is 0 Å². The van der Waals surface area contributed by atoms with Crippen molar-refractivity contribution in [1.29, 1.82) is 0 Å². The van der Waals surface area contributed by atoms with Gasteiger partial charge in [0.2, 0.25) is 0 Å². The summed E-state index contributed by atoms with van der Waals surface area (Å²) in [7, 11) is 0. The summed E-state index contributed by atoms with van der Waals surface area (Å²) in [6.07, 6.45) is 1.13. The number of thioether (sulfide) groups is 1. The smallest absolute Gasteiger partial charge is 0.310 e. The van der Waals surface area contributed by atoms with Gasteiger partial charge < -0.3 is 10.0 Å². The van der Waals surface area contributed by atoms with Crippen LogP contribution in [0.4, 0.5) is 0 Å². The second-order valence-corrected chi connectivity index (χ2v) is 7.63. The Bertz CT molecular complexity index is 264. The number of aliphatic carboxylic acids is 1. The molecule has 1 rings (SSSR count). The first-order valence-electron chi connectivity index (χ1n) is 5.83. The Kier molecular flexibility index (Phi) is 4.29. The molecular weight excluding hydrogens is 222 g/mol. The zero-order valence-corrected chi connectivity index (χ0v) is 11.6. The standard InChI is InChI=1S/C12H23NO2S/c1-11(2,10(14)15)9-13-6-5-12(3,4)16-8-7-13/h5-9H2,1-4H3,(H,14,15). The van der Waals surface area contributed by atoms with E-state index in [1.807, 2.05) is 11.8 Å². The SMILES string of the molecule is CC1(C)CCN(CC(C)(C)C(=O)O)CCS1. The van der Waals surface area contributed by atoms with Crippen LogP contribution in [-0.2, 0) is 4.79 Å². The van der Waals surface area contributed by atoms with E-state index in [1.165, 1.54) is 0 Å². The lowest BCUT2D eigenvalue weighted by molar-refractivity contribution is -0.147. The lowest BCUT2D eigenvalue weighted by Crippen LogP contribution is -2.40. The van der Waals surface area contributed by atoms with Gasteiger partial charge in [-0.15, -0.1) is 0 Å². The highest BCUT2D eigenvalue weighted by Crippen LogP contribution is 2.31. The Morgan fingerprint density at radius 1 is 1.44 bits per heavy atom. The van der Waals surface area contributed by atoms with E-state index in [2.05, 4.69) is 18.7 Å². The molecule has 0 aromatic rings. The van der Waals surface area contributed by atoms with Gasteiger partial charge in [-0.2, -0.15) is 11.8 Å². The van der Waals surface area contributed by atoms with Gasteiger partial charge in [-0.25, -0.2) is 0 Å². The van der Waals surface area contributed by atoms with Crippen LogP contribution in [0.5, 0.6) is 0 Å². The van der Waals surface area contributed by atoms with E-state index in [0.29, 0.717) is 11.3 Å². The maximum Gasteiger partial charge on any atom is 0.310 e. The molecule has 1 saturated heterocycles. The summed E-state index contributed by atoms with van der Waals surface area (Å²) in [6.45, 7) is 10.8. The fourth-order valence-corrected chi connectivity index (χ4v) is 2.98. The Labute approximate surface area is 103 Å². The number of hydrogen-bond acceptors (Lipinski definition) is 3. The molecule has 0 amide bonds. The minimum absolute atomic E-state index is 0.335. The quantitative estimate of drug-likeness (QED) is 0.828. The van der Waals surface area contributed by atoms with Gasteiger partial charge in [-0.3, -0.25) is 4.79 Å². The van der Waals surface area contributed by atoms with Crippen LogP contribution in [0, 0.1) is 5.41 Å². The molecule has 0 aromatic carbocycles. The normalized spacial score (nSPS) is 22.8. The first-order chi connectivity index (χ1) is 7.23. The van der Waals surface area contributed by atoms with Crippen molar-refractivity contribution in [1.82, 2.24) is 4.90 Å². The summed E-state index contributed by atoms with van der Waals surface area (Å²) < 4.78 is 0.335. The molecule has 16 heavy (non-hydrogen) atoms. The van der Waals surface area contributed by atoms with Crippen molar-refractivity contribution >= 4 is 17.7 Å². The van der Waals surface area contributed by atoms with Crippen LogP contribution in [0.1, 0.15) is 34.1 Å². The summed E-state index contributed by atoms with van der Waals surface area (Å²) >= 11 is 1.99. The molecule has 3 nitrogen and oxygen atoms in total. The summed E-state index contributed by atoms with van der Waals surface area (Å²) in [6, 6.07) is 0. The van der Waals surface area contributed by atoms with Crippen LogP contribution in [0.25, 0.3) is 0 Å². The van der Waals surface area contributed by atoms with E-state index in [4.69, 9.17) is 5.11 Å². The second kappa shape index (κ2) is 4.96. The van der Waals surface area contributed by atoms with Crippen LogP contribution in [-0.4, -0.2) is 46.1 Å². The van der Waals surface area contributed by atoms with Gasteiger partial charge >= 0.3 is 5.97 Å². The Morgan fingerprint density at radius 2 is 2.06 bits per heavy atom. The van der Waals surface area contributed by atoms with Crippen LogP contribution in [0.3, 0.4) is 0 Å². The van der Waals surface area contributed by atoms with E-state index < -0.39 is 11.4 Å². The molecule has 1 aliphatic rings. The zero-order chi connectivity index (χ0) is 12.4. The molecule has 4 heteroatoms. The van der Waals surface area contributed by atoms with Crippen molar-refractivity contribution < 1.29 is 9.90 Å². The lowest BCUT2D eigenvalue weighted by atomic mass is 9.93. The van der Waals surface area contributed by atoms with Gasteiger partial charge in [0.15, 0.2) is 0 Å². The molecule has 0 bridgehead atoms. The van der Waals surface area contributed by atoms with E-state index in [9.17, 15) is 4.79 Å². The monoisotopic (exact) mass is 245 g/mol. The van der Waals surface area contributed by atoms with Crippen molar-refractivity contribution in [2.45, 2.75) is 38.9 Å². The van der Waals surface area contributed by atoms with Crippen LogP contribution in [0.2, 0.25) is 0 Å². The molecule has 0 aliphatic carbocycles. The topological polar surface area (TPSA) is 40.5 Å². The third-order valence-electron chi connectivity index (χ3n) is 3.13. The van der Waals surface area contributed by atoms with Crippen LogP contribution in [0.15, 0.2) is 0 Å². The van der Waals surface area contributed by atoms with Crippen molar-refractivity contribution in [2.75, 3.05) is 25.4 Å². The van der Waals surface area contributed by atoms with Crippen molar-refractivity contribution in [2.24, 2.45) is 5.41 Å². The first-order valence-corrected chi connectivity index (χ1v) is 6.81. The molecule has 0 radical (unpaired) electrons. The van der Waals surface area contributed by atoms with Crippen LogP contribution >= 0.6 is 11.8 Å². The average molecular weight is 245 g/mol. The highest BCUT2D eigenvalue weighted by atomic mass is 32.2. The van der Waals surface area contributed by atoms with Crippen molar-refractivity contribution in [3.8, 4) is 0 Å². The van der Waals surface area contributed by atoms with Gasteiger partial charge in [0.05, 0.1) is 5.41 Å². The molecule has 0 saturated carbocycles. The maximum absolute atomic E-state index is 11.1. The summed E-state index contributed by atoms with van der Waals surface area (Å²) in [5.74, 6) is 0.395. The molecular formula is C12H23NO2S. The molecule has 0 spiro atoms. The number of nitrogens with zero attached hydrogens (tertiary/aromatic N) is 1. The molecule has 1 heterocycles. The largest absolute Gasteiger partial charge is 0.481 e. The Hall–Kier alpha value is -0.220. The number of rotatable bonds is 3. The second-order valence-electron chi connectivity index (χ2n) is 5.82. The number of hydrogen-bond donors (Lipinski definition) is 1. The maximum atomic E-state index is 11.1. The van der Waals surface area contributed by atoms with E-state index in [-0.39, 0.29) is 0 Å². The van der Waals surface area contributed by atoms with Gasteiger partial charge in [0.1, 0.15) is 0 Å². The predicted molar refractivity (Wildman–Crippen MR) is 69.0 cm³/mol. The molecule has 0 unspecified atom stereocenters. The third-order valence-corrected chi connectivity index (χ3v) is 4.50. The molecule has 1 N–H and O–H groups in total. The highest BCUT2D eigenvalue weighted by molar-refractivity contribution is 8.00. The lowest BCUT2D eigenvalue weighted by Gasteiger charge is -2.29. The number of carboxylic acids is 1. The van der Waals surface area contributed by atoms with E-state index in [0.717, 1.165) is 25.3 Å². The van der Waals surface area contributed by atoms with E-state index >= 15 is 0 Å². The third kappa shape index (κ3) is 3.98. The fraction of sp³-hybridized carbons (Fsp3) is 0.917. The van der Waals surface area contributed by atoms with Gasteiger partial charge in [0, 0.05) is 23.6 Å².